The Morgan fingerprint density at radius 1 is 1.38 bits per heavy atom. The summed E-state index contributed by atoms with van der Waals surface area (Å²) in [5.41, 5.74) is 0.0944. The van der Waals surface area contributed by atoms with Gasteiger partial charge in [0.15, 0.2) is 0 Å². The maximum Gasteiger partial charge on any atom is 0.306 e. The van der Waals surface area contributed by atoms with E-state index in [4.69, 9.17) is 5.11 Å². The van der Waals surface area contributed by atoms with Crippen LogP contribution in [0.1, 0.15) is 18.1 Å². The quantitative estimate of drug-likeness (QED) is 0.664. The highest BCUT2D eigenvalue weighted by molar-refractivity contribution is 9.10. The van der Waals surface area contributed by atoms with Gasteiger partial charge < -0.3 is 20.4 Å². The number of aliphatic carboxylic acids is 1. The number of carboxylic acid groups (broad SMARTS) is 1. The molecule has 0 amide bonds. The summed E-state index contributed by atoms with van der Waals surface area (Å²) >= 11 is 3.12. The van der Waals surface area contributed by atoms with Gasteiger partial charge >= 0.3 is 5.97 Å². The van der Waals surface area contributed by atoms with Crippen LogP contribution in [0.25, 0.3) is 0 Å². The Hall–Kier alpha value is -1.11. The van der Waals surface area contributed by atoms with E-state index in [1.54, 1.807) is 6.07 Å². The number of aliphatic hydroxyl groups excluding tert-OH is 2. The Morgan fingerprint density at radius 3 is 2.50 bits per heavy atom. The molecule has 0 radical (unpaired) electrons. The van der Waals surface area contributed by atoms with Crippen LogP contribution in [0.4, 0.5) is 0 Å². The Bertz CT molecular complexity index is 393. The molecular formula is C10H11BrO5. The van der Waals surface area contributed by atoms with Crippen molar-refractivity contribution >= 4 is 21.9 Å². The van der Waals surface area contributed by atoms with Gasteiger partial charge in [0.1, 0.15) is 11.9 Å². The number of halogens is 1. The number of hydrogen-bond acceptors (Lipinski definition) is 4. The lowest BCUT2D eigenvalue weighted by Crippen LogP contribution is -2.21. The second kappa shape index (κ2) is 5.29. The minimum Gasteiger partial charge on any atom is -0.508 e. The molecule has 0 spiro atoms. The van der Waals surface area contributed by atoms with Crippen molar-refractivity contribution in [2.75, 3.05) is 0 Å². The number of carbonyl (C=O) groups is 1. The molecule has 5 nitrogen and oxygen atoms in total. The van der Waals surface area contributed by atoms with E-state index in [9.17, 15) is 20.1 Å². The summed E-state index contributed by atoms with van der Waals surface area (Å²) in [6, 6.07) is 4.34. The van der Waals surface area contributed by atoms with Crippen LogP contribution in [-0.4, -0.2) is 32.5 Å². The van der Waals surface area contributed by atoms with Gasteiger partial charge in [-0.25, -0.2) is 0 Å². The third-order valence-electron chi connectivity index (χ3n) is 2.06. The van der Waals surface area contributed by atoms with Gasteiger partial charge in [0.25, 0.3) is 0 Å². The number of aromatic hydroxyl groups is 1. The van der Waals surface area contributed by atoms with Gasteiger partial charge in [-0.15, -0.1) is 0 Å². The molecule has 0 saturated carbocycles. The van der Waals surface area contributed by atoms with E-state index in [1.165, 1.54) is 12.1 Å². The van der Waals surface area contributed by atoms with E-state index in [0.29, 0.717) is 4.47 Å². The van der Waals surface area contributed by atoms with E-state index in [1.807, 2.05) is 0 Å². The predicted molar refractivity (Wildman–Crippen MR) is 59.0 cm³/mol. The summed E-state index contributed by atoms with van der Waals surface area (Å²) in [7, 11) is 0. The lowest BCUT2D eigenvalue weighted by atomic mass is 10.0. The van der Waals surface area contributed by atoms with Gasteiger partial charge in [0.05, 0.1) is 12.5 Å². The Balaban J connectivity index is 2.87. The first-order valence-electron chi connectivity index (χ1n) is 4.48. The number of rotatable bonds is 4. The summed E-state index contributed by atoms with van der Waals surface area (Å²) < 4.78 is 0.619. The highest BCUT2D eigenvalue weighted by atomic mass is 79.9. The molecule has 1 aromatic rings. The van der Waals surface area contributed by atoms with Crippen molar-refractivity contribution in [2.24, 2.45) is 0 Å². The zero-order valence-electron chi connectivity index (χ0n) is 8.17. The summed E-state index contributed by atoms with van der Waals surface area (Å²) in [4.78, 5) is 10.3. The first-order chi connectivity index (χ1) is 7.41. The minimum atomic E-state index is -1.45. The number of phenols is 1. The average molecular weight is 291 g/mol. The lowest BCUT2D eigenvalue weighted by molar-refractivity contribution is -0.141. The molecule has 0 aliphatic rings. The molecule has 0 aliphatic carbocycles. The summed E-state index contributed by atoms with van der Waals surface area (Å²) in [6.45, 7) is 0. The molecule has 0 aromatic heterocycles. The van der Waals surface area contributed by atoms with Gasteiger partial charge in [-0.3, -0.25) is 4.79 Å². The monoisotopic (exact) mass is 290 g/mol. The van der Waals surface area contributed by atoms with Crippen LogP contribution >= 0.6 is 15.9 Å². The van der Waals surface area contributed by atoms with Crippen molar-refractivity contribution in [3.63, 3.8) is 0 Å². The van der Waals surface area contributed by atoms with E-state index in [2.05, 4.69) is 15.9 Å². The zero-order valence-corrected chi connectivity index (χ0v) is 9.75. The van der Waals surface area contributed by atoms with Crippen LogP contribution in [0.15, 0.2) is 22.7 Å². The normalized spacial score (nSPS) is 14.4. The highest BCUT2D eigenvalue weighted by Gasteiger charge is 2.23. The Kier molecular flexibility index (Phi) is 4.28. The molecule has 0 heterocycles. The molecule has 0 bridgehead atoms. The van der Waals surface area contributed by atoms with Crippen LogP contribution in [-0.2, 0) is 4.79 Å². The summed E-state index contributed by atoms with van der Waals surface area (Å²) in [6.07, 6.45) is -3.47. The minimum absolute atomic E-state index is 0.0944. The van der Waals surface area contributed by atoms with Crippen LogP contribution in [0.2, 0.25) is 0 Å². The van der Waals surface area contributed by atoms with Crippen molar-refractivity contribution in [3.05, 3.63) is 28.2 Å². The van der Waals surface area contributed by atoms with E-state index < -0.39 is 24.6 Å². The number of aliphatic hydroxyl groups is 2. The fourth-order valence-corrected chi connectivity index (χ4v) is 1.61. The van der Waals surface area contributed by atoms with Crippen molar-refractivity contribution in [1.29, 1.82) is 0 Å². The van der Waals surface area contributed by atoms with Gasteiger partial charge in [-0.05, 0) is 12.1 Å². The first-order valence-corrected chi connectivity index (χ1v) is 5.27. The molecule has 88 valence electrons. The van der Waals surface area contributed by atoms with Crippen molar-refractivity contribution in [2.45, 2.75) is 18.6 Å². The molecule has 2 unspecified atom stereocenters. The first kappa shape index (κ1) is 13.0. The molecule has 0 saturated heterocycles. The maximum absolute atomic E-state index is 10.3. The second-order valence-corrected chi connectivity index (χ2v) is 4.23. The van der Waals surface area contributed by atoms with Crippen LogP contribution in [0.3, 0.4) is 0 Å². The molecule has 1 rings (SSSR count). The molecule has 2 atom stereocenters. The van der Waals surface area contributed by atoms with Crippen molar-refractivity contribution in [3.8, 4) is 5.75 Å². The zero-order chi connectivity index (χ0) is 12.3. The molecular weight excluding hydrogens is 280 g/mol. The fourth-order valence-electron chi connectivity index (χ4n) is 1.26. The van der Waals surface area contributed by atoms with E-state index in [-0.39, 0.29) is 11.3 Å². The average Bonchev–Trinajstić information content (AvgIpc) is 2.15. The molecule has 6 heteroatoms. The SMILES string of the molecule is O=C(O)CC(O)C(O)c1ccc(Br)cc1O. The van der Waals surface area contributed by atoms with Gasteiger partial charge in [0.2, 0.25) is 0 Å². The van der Waals surface area contributed by atoms with Gasteiger partial charge in [-0.2, -0.15) is 0 Å². The predicted octanol–water partition coefficient (Wildman–Crippen LogP) is 1.02. The van der Waals surface area contributed by atoms with E-state index >= 15 is 0 Å². The third-order valence-corrected chi connectivity index (χ3v) is 2.55. The van der Waals surface area contributed by atoms with Crippen LogP contribution in [0.5, 0.6) is 5.75 Å². The summed E-state index contributed by atoms with van der Waals surface area (Å²) in [5.74, 6) is -1.42. The lowest BCUT2D eigenvalue weighted by Gasteiger charge is -2.17. The number of carboxylic acids is 1. The van der Waals surface area contributed by atoms with Gasteiger partial charge in [-0.1, -0.05) is 22.0 Å². The molecule has 0 aliphatic heterocycles. The standard InChI is InChI=1S/C10H11BrO5/c11-5-1-2-6(7(12)3-5)10(16)8(13)4-9(14)15/h1-3,8,10,12-13,16H,4H2,(H,14,15). The number of phenolic OH excluding ortho intramolecular Hbond substituents is 1. The van der Waals surface area contributed by atoms with Crippen LogP contribution < -0.4 is 0 Å². The van der Waals surface area contributed by atoms with E-state index in [0.717, 1.165) is 0 Å². The molecule has 0 fully saturated rings. The Morgan fingerprint density at radius 2 is 2.00 bits per heavy atom. The van der Waals surface area contributed by atoms with Crippen molar-refractivity contribution < 1.29 is 25.2 Å². The topological polar surface area (TPSA) is 98.0 Å². The second-order valence-electron chi connectivity index (χ2n) is 3.31. The highest BCUT2D eigenvalue weighted by Crippen LogP contribution is 2.30. The number of benzene rings is 1. The number of hydrogen-bond donors (Lipinski definition) is 4. The van der Waals surface area contributed by atoms with Crippen LogP contribution in [0, 0.1) is 0 Å². The smallest absolute Gasteiger partial charge is 0.306 e. The van der Waals surface area contributed by atoms with Crippen molar-refractivity contribution in [1.82, 2.24) is 0 Å². The molecule has 4 N–H and O–H groups in total. The molecule has 16 heavy (non-hydrogen) atoms. The van der Waals surface area contributed by atoms with Gasteiger partial charge in [0, 0.05) is 10.0 Å². The molecule has 1 aromatic carbocycles. The fraction of sp³-hybridized carbons (Fsp3) is 0.300. The summed E-state index contributed by atoms with van der Waals surface area (Å²) in [5, 5.41) is 37.0. The Labute approximate surface area is 100 Å². The third kappa shape index (κ3) is 3.19. The largest absolute Gasteiger partial charge is 0.508 e. The maximum atomic E-state index is 10.3.